The lowest BCUT2D eigenvalue weighted by molar-refractivity contribution is -0.384. The van der Waals surface area contributed by atoms with Crippen LogP contribution in [-0.2, 0) is 11.3 Å². The van der Waals surface area contributed by atoms with Crippen LogP contribution in [-0.4, -0.2) is 35.6 Å². The van der Waals surface area contributed by atoms with Crippen molar-refractivity contribution >= 4 is 17.3 Å². The zero-order chi connectivity index (χ0) is 14.5. The minimum absolute atomic E-state index is 0.0859. The normalized spacial score (nSPS) is 20.0. The van der Waals surface area contributed by atoms with Crippen LogP contribution in [0.3, 0.4) is 0 Å². The van der Waals surface area contributed by atoms with E-state index >= 15 is 0 Å². The summed E-state index contributed by atoms with van der Waals surface area (Å²) < 4.78 is 5.66. The summed E-state index contributed by atoms with van der Waals surface area (Å²) in [6.45, 7) is 5.17. The largest absolute Gasteiger partial charge is 0.377 e. The van der Waals surface area contributed by atoms with Crippen LogP contribution in [0.15, 0.2) is 18.2 Å². The molecule has 20 heavy (non-hydrogen) atoms. The molecule has 1 aliphatic rings. The smallest absolute Gasteiger partial charge is 0.269 e. The molecule has 1 aliphatic heterocycles. The number of nitrogens with zero attached hydrogens (tertiary/aromatic N) is 2. The van der Waals surface area contributed by atoms with Gasteiger partial charge < -0.3 is 4.74 Å². The second kappa shape index (κ2) is 7.02. The summed E-state index contributed by atoms with van der Waals surface area (Å²) in [7, 11) is 0. The number of non-ortho nitro benzene ring substituents is 1. The van der Waals surface area contributed by atoms with Crippen molar-refractivity contribution in [3.05, 3.63) is 38.9 Å². The molecule has 1 saturated heterocycles. The van der Waals surface area contributed by atoms with Gasteiger partial charge >= 0.3 is 0 Å². The van der Waals surface area contributed by atoms with Gasteiger partial charge in [0.1, 0.15) is 0 Å². The van der Waals surface area contributed by atoms with Crippen molar-refractivity contribution in [3.8, 4) is 0 Å². The topological polar surface area (TPSA) is 55.6 Å². The number of nitro benzene ring substituents is 1. The number of likely N-dealkylation sites (tertiary alicyclic amines) is 1. The van der Waals surface area contributed by atoms with Gasteiger partial charge in [0.05, 0.1) is 11.0 Å². The number of nitro groups is 1. The molecule has 5 nitrogen and oxygen atoms in total. The number of benzene rings is 1. The number of hydrogen-bond donors (Lipinski definition) is 0. The van der Waals surface area contributed by atoms with Crippen molar-refractivity contribution in [3.63, 3.8) is 0 Å². The van der Waals surface area contributed by atoms with Crippen molar-refractivity contribution in [1.29, 1.82) is 0 Å². The van der Waals surface area contributed by atoms with Crippen molar-refractivity contribution in [2.24, 2.45) is 0 Å². The van der Waals surface area contributed by atoms with Crippen molar-refractivity contribution < 1.29 is 9.66 Å². The number of hydrogen-bond acceptors (Lipinski definition) is 4. The van der Waals surface area contributed by atoms with Gasteiger partial charge in [-0.15, -0.1) is 0 Å². The second-order valence-electron chi connectivity index (χ2n) is 4.99. The van der Waals surface area contributed by atoms with E-state index in [1.165, 1.54) is 6.07 Å². The Morgan fingerprint density at radius 2 is 2.35 bits per heavy atom. The third-order valence-corrected chi connectivity index (χ3v) is 3.87. The van der Waals surface area contributed by atoms with Gasteiger partial charge in [0.2, 0.25) is 0 Å². The summed E-state index contributed by atoms with van der Waals surface area (Å²) in [5.74, 6) is 0. The third-order valence-electron chi connectivity index (χ3n) is 3.50. The van der Waals surface area contributed by atoms with E-state index < -0.39 is 0 Å². The van der Waals surface area contributed by atoms with Crippen LogP contribution in [0.25, 0.3) is 0 Å². The highest BCUT2D eigenvalue weighted by molar-refractivity contribution is 6.31. The molecular formula is C14H19ClN2O3. The Morgan fingerprint density at radius 3 is 3.05 bits per heavy atom. The van der Waals surface area contributed by atoms with Gasteiger partial charge in [-0.1, -0.05) is 11.6 Å². The first-order valence-corrected chi connectivity index (χ1v) is 7.24. The van der Waals surface area contributed by atoms with E-state index in [-0.39, 0.29) is 16.7 Å². The van der Waals surface area contributed by atoms with Crippen molar-refractivity contribution in [2.45, 2.75) is 32.4 Å². The molecule has 0 bridgehead atoms. The average Bonchev–Trinajstić information content (AvgIpc) is 2.42. The first-order chi connectivity index (χ1) is 9.60. The Kier molecular flexibility index (Phi) is 5.34. The Morgan fingerprint density at radius 1 is 1.55 bits per heavy atom. The van der Waals surface area contributed by atoms with E-state index in [4.69, 9.17) is 16.3 Å². The Balaban J connectivity index is 2.05. The summed E-state index contributed by atoms with van der Waals surface area (Å²) in [4.78, 5) is 12.7. The molecule has 1 atom stereocenters. The maximum Gasteiger partial charge on any atom is 0.269 e. The van der Waals surface area contributed by atoms with E-state index in [2.05, 4.69) is 4.90 Å². The SMILES string of the molecule is CCOC1CCCN(Cc2cc([N+](=O)[O-])ccc2Cl)C1. The molecule has 0 N–H and O–H groups in total. The lowest BCUT2D eigenvalue weighted by Crippen LogP contribution is -2.39. The predicted molar refractivity (Wildman–Crippen MR) is 78.0 cm³/mol. The number of halogens is 1. The standard InChI is InChI=1S/C14H19ClN2O3/c1-2-20-13-4-3-7-16(10-13)9-11-8-12(17(18)19)5-6-14(11)15/h5-6,8,13H,2-4,7,9-10H2,1H3. The fraction of sp³-hybridized carbons (Fsp3) is 0.571. The molecule has 1 unspecified atom stereocenters. The molecule has 0 amide bonds. The Labute approximate surface area is 123 Å². The number of ether oxygens (including phenoxy) is 1. The van der Waals surface area contributed by atoms with Crippen LogP contribution < -0.4 is 0 Å². The van der Waals surface area contributed by atoms with Crippen LogP contribution in [0.5, 0.6) is 0 Å². The zero-order valence-electron chi connectivity index (χ0n) is 11.5. The maximum absolute atomic E-state index is 10.8. The average molecular weight is 299 g/mol. The van der Waals surface area contributed by atoms with E-state index in [0.717, 1.165) is 38.1 Å². The number of rotatable bonds is 5. The number of piperidine rings is 1. The summed E-state index contributed by atoms with van der Waals surface area (Å²) >= 11 is 6.14. The van der Waals surface area contributed by atoms with Gasteiger partial charge in [-0.25, -0.2) is 0 Å². The molecule has 1 heterocycles. The highest BCUT2D eigenvalue weighted by atomic mass is 35.5. The molecule has 0 aliphatic carbocycles. The van der Waals surface area contributed by atoms with E-state index in [1.807, 2.05) is 6.92 Å². The van der Waals surface area contributed by atoms with Gasteiger partial charge in [0.15, 0.2) is 0 Å². The highest BCUT2D eigenvalue weighted by Gasteiger charge is 2.21. The first kappa shape index (κ1) is 15.2. The van der Waals surface area contributed by atoms with E-state index in [1.54, 1.807) is 12.1 Å². The quantitative estimate of drug-likeness (QED) is 0.618. The van der Waals surface area contributed by atoms with Crippen molar-refractivity contribution in [1.82, 2.24) is 4.90 Å². The van der Waals surface area contributed by atoms with Crippen LogP contribution >= 0.6 is 11.6 Å². The Hall–Kier alpha value is -1.17. The first-order valence-electron chi connectivity index (χ1n) is 6.87. The monoisotopic (exact) mass is 298 g/mol. The molecule has 2 rings (SSSR count). The van der Waals surface area contributed by atoms with Crippen LogP contribution in [0, 0.1) is 10.1 Å². The lowest BCUT2D eigenvalue weighted by Gasteiger charge is -2.32. The fourth-order valence-corrected chi connectivity index (χ4v) is 2.74. The van der Waals surface area contributed by atoms with Gasteiger partial charge in [-0.05, 0) is 37.9 Å². The molecule has 1 aromatic carbocycles. The molecule has 6 heteroatoms. The van der Waals surface area contributed by atoms with Crippen LogP contribution in [0.4, 0.5) is 5.69 Å². The van der Waals surface area contributed by atoms with Crippen LogP contribution in [0.2, 0.25) is 5.02 Å². The van der Waals surface area contributed by atoms with Crippen molar-refractivity contribution in [2.75, 3.05) is 19.7 Å². The van der Waals surface area contributed by atoms with Gasteiger partial charge in [-0.2, -0.15) is 0 Å². The third kappa shape index (κ3) is 3.91. The van der Waals surface area contributed by atoms with E-state index in [0.29, 0.717) is 11.6 Å². The minimum atomic E-state index is -0.390. The maximum atomic E-state index is 10.8. The van der Waals surface area contributed by atoms with Gasteiger partial charge in [-0.3, -0.25) is 15.0 Å². The molecule has 0 aromatic heterocycles. The summed E-state index contributed by atoms with van der Waals surface area (Å²) in [5.41, 5.74) is 0.890. The predicted octanol–water partition coefficient (Wildman–Crippen LogP) is 3.25. The molecule has 1 aromatic rings. The van der Waals surface area contributed by atoms with Crippen LogP contribution in [0.1, 0.15) is 25.3 Å². The summed E-state index contributed by atoms with van der Waals surface area (Å²) in [5, 5.41) is 11.4. The lowest BCUT2D eigenvalue weighted by atomic mass is 10.1. The molecule has 0 spiro atoms. The minimum Gasteiger partial charge on any atom is -0.377 e. The zero-order valence-corrected chi connectivity index (χ0v) is 12.3. The van der Waals surface area contributed by atoms with E-state index in [9.17, 15) is 10.1 Å². The van der Waals surface area contributed by atoms with Gasteiger partial charge in [0, 0.05) is 36.9 Å². The summed E-state index contributed by atoms with van der Waals surface area (Å²) in [6.07, 6.45) is 2.41. The second-order valence-corrected chi connectivity index (χ2v) is 5.39. The molecular weight excluding hydrogens is 280 g/mol. The molecule has 1 fully saturated rings. The molecule has 0 radical (unpaired) electrons. The summed E-state index contributed by atoms with van der Waals surface area (Å²) in [6, 6.07) is 4.59. The fourth-order valence-electron chi connectivity index (χ4n) is 2.57. The molecule has 0 saturated carbocycles. The Bertz CT molecular complexity index is 479. The highest BCUT2D eigenvalue weighted by Crippen LogP contribution is 2.25. The van der Waals surface area contributed by atoms with Gasteiger partial charge in [0.25, 0.3) is 5.69 Å². The molecule has 110 valence electrons.